The Morgan fingerprint density at radius 2 is 1.64 bits per heavy atom. The van der Waals surface area contributed by atoms with Crippen LogP contribution in [0.15, 0.2) is 71.6 Å². The molecule has 0 aliphatic heterocycles. The van der Waals surface area contributed by atoms with Crippen molar-refractivity contribution in [2.24, 2.45) is 0 Å². The van der Waals surface area contributed by atoms with E-state index in [0.717, 1.165) is 12.1 Å². The maximum atomic E-state index is 13.5. The second kappa shape index (κ2) is 9.99. The summed E-state index contributed by atoms with van der Waals surface area (Å²) in [5, 5.41) is 0. The Hall–Kier alpha value is -3.46. The fourth-order valence-corrected chi connectivity index (χ4v) is 4.21. The number of nitrogens with zero attached hydrogens (tertiary/aromatic N) is 1. The number of halogens is 2. The highest BCUT2D eigenvalue weighted by molar-refractivity contribution is 7.92. The van der Waals surface area contributed by atoms with Crippen molar-refractivity contribution in [2.75, 3.05) is 18.4 Å². The van der Waals surface area contributed by atoms with Gasteiger partial charge in [-0.05, 0) is 80.1 Å². The molecule has 0 fully saturated rings. The molecule has 9 heteroatoms. The fourth-order valence-electron chi connectivity index (χ4n) is 3.15. The lowest BCUT2D eigenvalue weighted by Crippen LogP contribution is -2.29. The molecular weight excluding hydrogens is 450 g/mol. The molecule has 3 aromatic rings. The number of hydrogen-bond donors (Lipinski definition) is 1. The number of carbonyl (C=O) groups excluding carboxylic acids is 1. The monoisotopic (exact) mass is 474 g/mol. The number of hydrogen-bond acceptors (Lipinski definition) is 4. The number of anilines is 1. The van der Waals surface area contributed by atoms with E-state index >= 15 is 0 Å². The molecule has 0 saturated heterocycles. The highest BCUT2D eigenvalue weighted by Crippen LogP contribution is 2.24. The van der Waals surface area contributed by atoms with Gasteiger partial charge in [-0.25, -0.2) is 17.2 Å². The van der Waals surface area contributed by atoms with Gasteiger partial charge in [-0.3, -0.25) is 9.52 Å². The third-order valence-corrected chi connectivity index (χ3v) is 6.55. The van der Waals surface area contributed by atoms with E-state index in [0.29, 0.717) is 23.6 Å². The fraction of sp³-hybridized carbons (Fsp3) is 0.208. The quantitative estimate of drug-likeness (QED) is 0.499. The first-order valence-corrected chi connectivity index (χ1v) is 11.7. The van der Waals surface area contributed by atoms with Gasteiger partial charge in [0.2, 0.25) is 0 Å². The lowest BCUT2D eigenvalue weighted by atomic mass is 10.1. The zero-order chi connectivity index (χ0) is 24.2. The number of sulfonamides is 1. The standard InChI is InChI=1S/C24H24F2N2O4S/c1-4-32-20-10-8-19(9-11-20)27-33(30,31)21-12-5-17(6-13-21)24(29)28(3)16(2)18-7-14-22(25)23(26)15-18/h5-16,27H,4H2,1-3H3. The van der Waals surface area contributed by atoms with Gasteiger partial charge in [-0.1, -0.05) is 6.07 Å². The van der Waals surface area contributed by atoms with Crippen LogP contribution in [0.2, 0.25) is 0 Å². The summed E-state index contributed by atoms with van der Waals surface area (Å²) in [5.74, 6) is -1.72. The summed E-state index contributed by atoms with van der Waals surface area (Å²) in [5.41, 5.74) is 1.06. The van der Waals surface area contributed by atoms with Crippen molar-refractivity contribution in [3.63, 3.8) is 0 Å². The molecule has 1 atom stereocenters. The summed E-state index contributed by atoms with van der Waals surface area (Å²) in [4.78, 5) is 14.2. The van der Waals surface area contributed by atoms with E-state index < -0.39 is 33.6 Å². The molecule has 0 radical (unpaired) electrons. The maximum Gasteiger partial charge on any atom is 0.261 e. The number of nitrogens with one attached hydrogen (secondary N) is 1. The summed E-state index contributed by atoms with van der Waals surface area (Å²) in [6.07, 6.45) is 0. The average molecular weight is 475 g/mol. The molecule has 0 saturated carbocycles. The minimum atomic E-state index is -3.86. The molecule has 6 nitrogen and oxygen atoms in total. The number of ether oxygens (including phenoxy) is 1. The maximum absolute atomic E-state index is 13.5. The molecule has 1 unspecified atom stereocenters. The van der Waals surface area contributed by atoms with Crippen LogP contribution in [-0.2, 0) is 10.0 Å². The van der Waals surface area contributed by atoms with E-state index in [1.54, 1.807) is 31.2 Å². The van der Waals surface area contributed by atoms with Gasteiger partial charge in [0, 0.05) is 18.3 Å². The molecule has 33 heavy (non-hydrogen) atoms. The van der Waals surface area contributed by atoms with Crippen LogP contribution >= 0.6 is 0 Å². The first-order chi connectivity index (χ1) is 15.6. The SMILES string of the molecule is CCOc1ccc(NS(=O)(=O)c2ccc(C(=O)N(C)C(C)c3ccc(F)c(F)c3)cc2)cc1. The Morgan fingerprint density at radius 3 is 2.21 bits per heavy atom. The second-order valence-corrected chi connectivity index (χ2v) is 9.04. The Balaban J connectivity index is 1.72. The van der Waals surface area contributed by atoms with Crippen molar-refractivity contribution < 1.29 is 26.7 Å². The molecular formula is C24H24F2N2O4S. The van der Waals surface area contributed by atoms with Gasteiger partial charge in [0.15, 0.2) is 11.6 Å². The smallest absolute Gasteiger partial charge is 0.261 e. The van der Waals surface area contributed by atoms with Crippen LogP contribution < -0.4 is 9.46 Å². The summed E-state index contributed by atoms with van der Waals surface area (Å²) < 4.78 is 59.9. The van der Waals surface area contributed by atoms with Gasteiger partial charge in [0.25, 0.3) is 15.9 Å². The van der Waals surface area contributed by atoms with Gasteiger partial charge in [-0.15, -0.1) is 0 Å². The van der Waals surface area contributed by atoms with E-state index in [-0.39, 0.29) is 10.5 Å². The molecule has 0 bridgehead atoms. The van der Waals surface area contributed by atoms with Crippen LogP contribution in [0.1, 0.15) is 35.8 Å². The number of rotatable bonds is 8. The third kappa shape index (κ3) is 5.67. The van der Waals surface area contributed by atoms with Crippen LogP contribution in [0, 0.1) is 11.6 Å². The van der Waals surface area contributed by atoms with Gasteiger partial charge >= 0.3 is 0 Å². The molecule has 0 aliphatic carbocycles. The average Bonchev–Trinajstić information content (AvgIpc) is 2.81. The predicted octanol–water partition coefficient (Wildman–Crippen LogP) is 5.00. The zero-order valence-corrected chi connectivity index (χ0v) is 19.2. The molecule has 3 aromatic carbocycles. The minimum absolute atomic E-state index is 0.00996. The molecule has 3 rings (SSSR count). The number of amides is 1. The summed E-state index contributed by atoms with van der Waals surface area (Å²) in [6, 6.07) is 14.9. The van der Waals surface area contributed by atoms with Crippen molar-refractivity contribution in [1.82, 2.24) is 4.90 Å². The lowest BCUT2D eigenvalue weighted by molar-refractivity contribution is 0.0742. The Morgan fingerprint density at radius 1 is 1.00 bits per heavy atom. The van der Waals surface area contributed by atoms with Crippen LogP contribution in [0.4, 0.5) is 14.5 Å². The van der Waals surface area contributed by atoms with Crippen LogP contribution in [-0.4, -0.2) is 32.9 Å². The summed E-state index contributed by atoms with van der Waals surface area (Å²) >= 11 is 0. The van der Waals surface area contributed by atoms with Crippen molar-refractivity contribution >= 4 is 21.6 Å². The highest BCUT2D eigenvalue weighted by Gasteiger charge is 2.21. The van der Waals surface area contributed by atoms with Gasteiger partial charge < -0.3 is 9.64 Å². The first kappa shape index (κ1) is 24.2. The van der Waals surface area contributed by atoms with Crippen LogP contribution in [0.25, 0.3) is 0 Å². The number of carbonyl (C=O) groups is 1. The van der Waals surface area contributed by atoms with Gasteiger partial charge in [0.05, 0.1) is 17.5 Å². The normalized spacial score (nSPS) is 12.2. The van der Waals surface area contributed by atoms with Crippen molar-refractivity contribution in [3.05, 3.63) is 89.5 Å². The number of benzene rings is 3. The molecule has 0 heterocycles. The molecule has 1 amide bonds. The van der Waals surface area contributed by atoms with E-state index in [2.05, 4.69) is 4.72 Å². The molecule has 0 spiro atoms. The third-order valence-electron chi connectivity index (χ3n) is 5.16. The molecule has 0 aliphatic rings. The molecule has 1 N–H and O–H groups in total. The Kier molecular flexibility index (Phi) is 7.33. The van der Waals surface area contributed by atoms with Crippen molar-refractivity contribution in [3.8, 4) is 5.75 Å². The Bertz CT molecular complexity index is 1230. The van der Waals surface area contributed by atoms with Crippen molar-refractivity contribution in [2.45, 2.75) is 24.8 Å². The second-order valence-electron chi connectivity index (χ2n) is 7.35. The zero-order valence-electron chi connectivity index (χ0n) is 18.4. The van der Waals surface area contributed by atoms with Gasteiger partial charge in [0.1, 0.15) is 5.75 Å². The largest absolute Gasteiger partial charge is 0.494 e. The van der Waals surface area contributed by atoms with Crippen LogP contribution in [0.3, 0.4) is 0 Å². The van der Waals surface area contributed by atoms with Crippen LogP contribution in [0.5, 0.6) is 5.75 Å². The summed E-state index contributed by atoms with van der Waals surface area (Å²) in [6.45, 7) is 4.04. The summed E-state index contributed by atoms with van der Waals surface area (Å²) in [7, 11) is -2.33. The van der Waals surface area contributed by atoms with E-state index in [1.165, 1.54) is 42.3 Å². The minimum Gasteiger partial charge on any atom is -0.494 e. The highest BCUT2D eigenvalue weighted by atomic mass is 32.2. The van der Waals surface area contributed by atoms with Crippen molar-refractivity contribution in [1.29, 1.82) is 0 Å². The van der Waals surface area contributed by atoms with E-state index in [1.807, 2.05) is 6.92 Å². The van der Waals surface area contributed by atoms with Gasteiger partial charge in [-0.2, -0.15) is 0 Å². The first-order valence-electron chi connectivity index (χ1n) is 10.2. The topological polar surface area (TPSA) is 75.7 Å². The molecule has 174 valence electrons. The van der Waals surface area contributed by atoms with E-state index in [9.17, 15) is 22.0 Å². The lowest BCUT2D eigenvalue weighted by Gasteiger charge is -2.25. The van der Waals surface area contributed by atoms with E-state index in [4.69, 9.17) is 4.74 Å². The molecule has 0 aromatic heterocycles. The Labute approximate surface area is 191 Å². The predicted molar refractivity (Wildman–Crippen MR) is 122 cm³/mol.